The van der Waals surface area contributed by atoms with E-state index in [4.69, 9.17) is 4.74 Å². The van der Waals surface area contributed by atoms with Crippen LogP contribution in [0.25, 0.3) is 11.1 Å². The SMILES string of the molecule is CC(C)C[C@@H](NC(=O)C(CN(C)Cc1ccccc1)NC(=O)OCC1c2ccccc2-c2ccccc21)C(=O)O. The maximum Gasteiger partial charge on any atom is 0.407 e. The van der Waals surface area contributed by atoms with Gasteiger partial charge >= 0.3 is 12.1 Å². The molecule has 0 spiro atoms. The number of nitrogens with zero attached hydrogens (tertiary/aromatic N) is 1. The van der Waals surface area contributed by atoms with Gasteiger partial charge in [-0.3, -0.25) is 9.69 Å². The fourth-order valence-electron chi connectivity index (χ4n) is 5.21. The van der Waals surface area contributed by atoms with Crippen molar-refractivity contribution in [2.24, 2.45) is 5.92 Å². The molecule has 8 heteroatoms. The van der Waals surface area contributed by atoms with Gasteiger partial charge < -0.3 is 20.5 Å². The van der Waals surface area contributed by atoms with E-state index in [1.165, 1.54) is 0 Å². The van der Waals surface area contributed by atoms with Gasteiger partial charge in [0.05, 0.1) is 0 Å². The molecule has 1 aliphatic rings. The molecule has 3 N–H and O–H groups in total. The number of hydrogen-bond donors (Lipinski definition) is 3. The Labute approximate surface area is 235 Å². The summed E-state index contributed by atoms with van der Waals surface area (Å²) in [6.45, 7) is 4.60. The van der Waals surface area contributed by atoms with Gasteiger partial charge in [0.1, 0.15) is 18.7 Å². The zero-order chi connectivity index (χ0) is 28.6. The minimum atomic E-state index is -1.11. The van der Waals surface area contributed by atoms with Crippen molar-refractivity contribution in [3.63, 3.8) is 0 Å². The van der Waals surface area contributed by atoms with Gasteiger partial charge in [0.15, 0.2) is 0 Å². The summed E-state index contributed by atoms with van der Waals surface area (Å²) < 4.78 is 5.67. The Morgan fingerprint density at radius 2 is 1.43 bits per heavy atom. The average Bonchev–Trinajstić information content (AvgIpc) is 3.25. The van der Waals surface area contributed by atoms with Crippen molar-refractivity contribution in [2.45, 2.75) is 44.8 Å². The lowest BCUT2D eigenvalue weighted by molar-refractivity contribution is -0.142. The summed E-state index contributed by atoms with van der Waals surface area (Å²) in [6, 6.07) is 23.8. The zero-order valence-electron chi connectivity index (χ0n) is 23.2. The van der Waals surface area contributed by atoms with Gasteiger partial charge in [0, 0.05) is 19.0 Å². The standard InChI is InChI=1S/C32H37N3O5/c1-21(2)17-28(31(37)38)33-30(36)29(19-35(3)18-22-11-5-4-6-12-22)34-32(39)40-20-27-25-15-9-7-13-23(25)24-14-8-10-16-26(24)27/h4-16,21,27-29H,17-20H2,1-3H3,(H,33,36)(H,34,39)(H,37,38)/t28-,29?/m1/s1. The number of rotatable bonds is 12. The van der Waals surface area contributed by atoms with Crippen LogP contribution in [-0.4, -0.2) is 60.3 Å². The van der Waals surface area contributed by atoms with Crippen molar-refractivity contribution in [1.29, 1.82) is 0 Å². The average molecular weight is 544 g/mol. The van der Waals surface area contributed by atoms with E-state index in [2.05, 4.69) is 22.8 Å². The number of amides is 2. The molecule has 2 atom stereocenters. The molecule has 0 saturated heterocycles. The molecule has 0 radical (unpaired) electrons. The predicted molar refractivity (Wildman–Crippen MR) is 154 cm³/mol. The first kappa shape index (κ1) is 28.8. The highest BCUT2D eigenvalue weighted by Gasteiger charge is 2.31. The maximum atomic E-state index is 13.3. The summed E-state index contributed by atoms with van der Waals surface area (Å²) in [7, 11) is 1.84. The van der Waals surface area contributed by atoms with Crippen molar-refractivity contribution in [1.82, 2.24) is 15.5 Å². The Kier molecular flexibility index (Phi) is 9.56. The van der Waals surface area contributed by atoms with E-state index < -0.39 is 30.1 Å². The summed E-state index contributed by atoms with van der Waals surface area (Å²) in [5.74, 6) is -1.73. The molecule has 0 saturated carbocycles. The fourth-order valence-corrected chi connectivity index (χ4v) is 5.21. The molecule has 4 rings (SSSR count). The third-order valence-electron chi connectivity index (χ3n) is 7.06. The second kappa shape index (κ2) is 13.3. The smallest absolute Gasteiger partial charge is 0.407 e. The zero-order valence-corrected chi connectivity index (χ0v) is 23.2. The van der Waals surface area contributed by atoms with E-state index in [1.807, 2.05) is 92.5 Å². The van der Waals surface area contributed by atoms with Gasteiger partial charge in [-0.05, 0) is 47.2 Å². The molecular weight excluding hydrogens is 506 g/mol. The molecular formula is C32H37N3O5. The molecule has 0 bridgehead atoms. The highest BCUT2D eigenvalue weighted by molar-refractivity contribution is 5.89. The van der Waals surface area contributed by atoms with E-state index in [0.29, 0.717) is 6.54 Å². The van der Waals surface area contributed by atoms with E-state index in [9.17, 15) is 19.5 Å². The summed E-state index contributed by atoms with van der Waals surface area (Å²) in [6.07, 6.45) is -0.454. The van der Waals surface area contributed by atoms with E-state index >= 15 is 0 Å². The van der Waals surface area contributed by atoms with Crippen LogP contribution in [0.4, 0.5) is 4.79 Å². The topological polar surface area (TPSA) is 108 Å². The number of carboxylic acid groups (broad SMARTS) is 1. The van der Waals surface area contributed by atoms with Gasteiger partial charge in [-0.25, -0.2) is 9.59 Å². The number of carboxylic acids is 1. The fraction of sp³-hybridized carbons (Fsp3) is 0.344. The Bertz CT molecular complexity index is 1280. The van der Waals surface area contributed by atoms with Crippen molar-refractivity contribution in [3.8, 4) is 11.1 Å². The first-order valence-corrected chi connectivity index (χ1v) is 13.6. The van der Waals surface area contributed by atoms with Gasteiger partial charge in [-0.15, -0.1) is 0 Å². The molecule has 210 valence electrons. The number of ether oxygens (including phenoxy) is 1. The Morgan fingerprint density at radius 3 is 2.00 bits per heavy atom. The molecule has 40 heavy (non-hydrogen) atoms. The van der Waals surface area contributed by atoms with Crippen LogP contribution in [0.2, 0.25) is 0 Å². The minimum absolute atomic E-state index is 0.0655. The number of fused-ring (bicyclic) bond motifs is 3. The molecule has 8 nitrogen and oxygen atoms in total. The number of hydrogen-bond acceptors (Lipinski definition) is 5. The van der Waals surface area contributed by atoms with E-state index in [1.54, 1.807) is 0 Å². The first-order valence-electron chi connectivity index (χ1n) is 13.6. The second-order valence-corrected chi connectivity index (χ2v) is 10.7. The number of likely N-dealkylation sites (N-methyl/N-ethyl adjacent to an activating group) is 1. The minimum Gasteiger partial charge on any atom is -0.480 e. The molecule has 0 heterocycles. The van der Waals surface area contributed by atoms with Crippen molar-refractivity contribution >= 4 is 18.0 Å². The Morgan fingerprint density at radius 1 is 0.850 bits per heavy atom. The maximum absolute atomic E-state index is 13.3. The van der Waals surface area contributed by atoms with Crippen LogP contribution in [-0.2, 0) is 20.9 Å². The Hall–Kier alpha value is -4.17. The van der Waals surface area contributed by atoms with Crippen molar-refractivity contribution in [2.75, 3.05) is 20.2 Å². The summed E-state index contributed by atoms with van der Waals surface area (Å²) in [5, 5.41) is 14.9. The molecule has 3 aromatic carbocycles. The van der Waals surface area contributed by atoms with Crippen LogP contribution in [0.3, 0.4) is 0 Å². The number of nitrogens with one attached hydrogen (secondary N) is 2. The predicted octanol–water partition coefficient (Wildman–Crippen LogP) is 4.64. The molecule has 0 fully saturated rings. The van der Waals surface area contributed by atoms with Crippen LogP contribution in [0.5, 0.6) is 0 Å². The van der Waals surface area contributed by atoms with Gasteiger partial charge in [0.2, 0.25) is 5.91 Å². The number of aliphatic carboxylic acids is 1. The summed E-state index contributed by atoms with van der Waals surface area (Å²) >= 11 is 0. The molecule has 2 amide bonds. The van der Waals surface area contributed by atoms with Crippen molar-refractivity contribution < 1.29 is 24.2 Å². The lowest BCUT2D eigenvalue weighted by Crippen LogP contribution is -2.55. The molecule has 0 aliphatic heterocycles. The van der Waals surface area contributed by atoms with Crippen LogP contribution in [0.1, 0.15) is 42.9 Å². The highest BCUT2D eigenvalue weighted by Crippen LogP contribution is 2.44. The first-order chi connectivity index (χ1) is 19.2. The van der Waals surface area contributed by atoms with Crippen LogP contribution in [0.15, 0.2) is 78.9 Å². The van der Waals surface area contributed by atoms with Crippen LogP contribution < -0.4 is 10.6 Å². The van der Waals surface area contributed by atoms with E-state index in [-0.39, 0.29) is 31.4 Å². The molecule has 3 aromatic rings. The summed E-state index contributed by atoms with van der Waals surface area (Å²) in [4.78, 5) is 40.0. The van der Waals surface area contributed by atoms with Crippen LogP contribution in [0, 0.1) is 5.92 Å². The second-order valence-electron chi connectivity index (χ2n) is 10.7. The largest absolute Gasteiger partial charge is 0.480 e. The normalized spacial score (nSPS) is 13.8. The molecule has 1 aliphatic carbocycles. The highest BCUT2D eigenvalue weighted by atomic mass is 16.5. The number of carbonyl (C=O) groups excluding carboxylic acids is 2. The quantitative estimate of drug-likeness (QED) is 0.307. The van der Waals surface area contributed by atoms with Crippen molar-refractivity contribution in [3.05, 3.63) is 95.6 Å². The lowest BCUT2D eigenvalue weighted by Gasteiger charge is -2.26. The van der Waals surface area contributed by atoms with E-state index in [0.717, 1.165) is 27.8 Å². The number of benzene rings is 3. The van der Waals surface area contributed by atoms with Gasteiger partial charge in [-0.2, -0.15) is 0 Å². The third-order valence-corrected chi connectivity index (χ3v) is 7.06. The number of carbonyl (C=O) groups is 3. The Balaban J connectivity index is 1.45. The summed E-state index contributed by atoms with van der Waals surface area (Å²) in [5.41, 5.74) is 5.47. The lowest BCUT2D eigenvalue weighted by atomic mass is 9.98. The van der Waals surface area contributed by atoms with Gasteiger partial charge in [0.25, 0.3) is 0 Å². The number of alkyl carbamates (subject to hydrolysis) is 1. The van der Waals surface area contributed by atoms with Crippen LogP contribution >= 0.6 is 0 Å². The van der Waals surface area contributed by atoms with Gasteiger partial charge in [-0.1, -0.05) is 92.7 Å². The molecule has 1 unspecified atom stereocenters. The third kappa shape index (κ3) is 7.27. The monoisotopic (exact) mass is 543 g/mol. The molecule has 0 aromatic heterocycles.